The van der Waals surface area contributed by atoms with Gasteiger partial charge in [0.15, 0.2) is 18.2 Å². The van der Waals surface area contributed by atoms with Gasteiger partial charge < -0.3 is 10.1 Å². The molecule has 0 radical (unpaired) electrons. The molecule has 1 amide bonds. The smallest absolute Gasteiger partial charge is 0.263 e. The zero-order chi connectivity index (χ0) is 8.55. The summed E-state index contributed by atoms with van der Waals surface area (Å²) in [7, 11) is 0. The number of rotatable bonds is 0. The third kappa shape index (κ3) is 1.21. The number of amides is 1. The highest BCUT2D eigenvalue weighted by molar-refractivity contribution is 6.29. The van der Waals surface area contributed by atoms with E-state index in [0.717, 1.165) is 0 Å². The molecule has 5 heteroatoms. The zero-order valence-electron chi connectivity index (χ0n) is 6.00. The third-order valence-electron chi connectivity index (χ3n) is 1.44. The number of nitrogens with one attached hydrogen (secondary N) is 1. The van der Waals surface area contributed by atoms with Crippen molar-refractivity contribution in [2.24, 2.45) is 0 Å². The van der Waals surface area contributed by atoms with Crippen molar-refractivity contribution in [1.82, 2.24) is 4.98 Å². The average molecular weight is 185 g/mol. The van der Waals surface area contributed by atoms with Crippen LogP contribution in [0.2, 0.25) is 5.15 Å². The van der Waals surface area contributed by atoms with Crippen LogP contribution < -0.4 is 10.1 Å². The maximum Gasteiger partial charge on any atom is 0.263 e. The van der Waals surface area contributed by atoms with Gasteiger partial charge in [-0.25, -0.2) is 4.98 Å². The Morgan fingerprint density at radius 2 is 2.42 bits per heavy atom. The van der Waals surface area contributed by atoms with E-state index in [9.17, 15) is 4.79 Å². The first kappa shape index (κ1) is 7.36. The molecule has 0 bridgehead atoms. The van der Waals surface area contributed by atoms with E-state index >= 15 is 0 Å². The molecule has 1 aliphatic rings. The van der Waals surface area contributed by atoms with E-state index < -0.39 is 0 Å². The lowest BCUT2D eigenvalue weighted by Crippen LogP contribution is -2.26. The van der Waals surface area contributed by atoms with Gasteiger partial charge in [-0.05, 0) is 12.1 Å². The quantitative estimate of drug-likeness (QED) is 0.614. The normalized spacial score (nSPS) is 14.6. The topological polar surface area (TPSA) is 51.2 Å². The molecule has 1 aromatic rings. The number of carbonyl (C=O) groups is 1. The Morgan fingerprint density at radius 3 is 3.25 bits per heavy atom. The number of hydrogen-bond acceptors (Lipinski definition) is 3. The Hall–Kier alpha value is -1.29. The number of anilines is 1. The molecule has 0 unspecified atom stereocenters. The molecular formula is C7H5ClN2O2. The number of carbonyl (C=O) groups excluding carboxylic acids is 1. The monoisotopic (exact) mass is 184 g/mol. The SMILES string of the molecule is O=C1COc2ccc(Cl)nc2N1. The van der Waals surface area contributed by atoms with Crippen molar-refractivity contribution in [3.8, 4) is 5.75 Å². The van der Waals surface area contributed by atoms with Gasteiger partial charge in [-0.3, -0.25) is 4.79 Å². The maximum absolute atomic E-state index is 10.8. The van der Waals surface area contributed by atoms with Crippen LogP contribution in [-0.4, -0.2) is 17.5 Å². The summed E-state index contributed by atoms with van der Waals surface area (Å²) in [6, 6.07) is 3.28. The molecule has 1 N–H and O–H groups in total. The van der Waals surface area contributed by atoms with Gasteiger partial charge in [-0.15, -0.1) is 0 Å². The van der Waals surface area contributed by atoms with Crippen LogP contribution in [0.5, 0.6) is 5.75 Å². The summed E-state index contributed by atoms with van der Waals surface area (Å²) in [5, 5.41) is 2.87. The molecule has 1 aliphatic heterocycles. The fraction of sp³-hybridized carbons (Fsp3) is 0.143. The molecule has 12 heavy (non-hydrogen) atoms. The summed E-state index contributed by atoms with van der Waals surface area (Å²) in [6.45, 7) is 0.0380. The number of halogens is 1. The minimum absolute atomic E-state index is 0.0380. The van der Waals surface area contributed by atoms with Crippen molar-refractivity contribution in [3.05, 3.63) is 17.3 Å². The van der Waals surface area contributed by atoms with Crippen molar-refractivity contribution in [3.63, 3.8) is 0 Å². The van der Waals surface area contributed by atoms with Crippen molar-refractivity contribution in [2.45, 2.75) is 0 Å². The second-order valence-electron chi connectivity index (χ2n) is 2.32. The molecule has 0 saturated heterocycles. The van der Waals surface area contributed by atoms with E-state index in [1.807, 2.05) is 0 Å². The molecule has 4 nitrogen and oxygen atoms in total. The number of aromatic nitrogens is 1. The fourth-order valence-electron chi connectivity index (χ4n) is 0.940. The van der Waals surface area contributed by atoms with Crippen LogP contribution in [0.15, 0.2) is 12.1 Å². The first-order chi connectivity index (χ1) is 5.75. The van der Waals surface area contributed by atoms with Crippen LogP contribution in [0.3, 0.4) is 0 Å². The number of pyridine rings is 1. The Labute approximate surface area is 73.5 Å². The highest BCUT2D eigenvalue weighted by Crippen LogP contribution is 2.26. The molecule has 0 atom stereocenters. The largest absolute Gasteiger partial charge is 0.480 e. The lowest BCUT2D eigenvalue weighted by atomic mass is 10.4. The van der Waals surface area contributed by atoms with Crippen LogP contribution in [0.25, 0.3) is 0 Å². The first-order valence-corrected chi connectivity index (χ1v) is 3.73. The molecule has 0 aromatic carbocycles. The van der Waals surface area contributed by atoms with Gasteiger partial charge in [0.1, 0.15) is 5.15 Å². The summed E-state index contributed by atoms with van der Waals surface area (Å²) in [6.07, 6.45) is 0. The van der Waals surface area contributed by atoms with Crippen molar-refractivity contribution in [1.29, 1.82) is 0 Å². The van der Waals surface area contributed by atoms with Crippen molar-refractivity contribution >= 4 is 23.3 Å². The highest BCUT2D eigenvalue weighted by atomic mass is 35.5. The Bertz CT molecular complexity index is 340. The zero-order valence-corrected chi connectivity index (χ0v) is 6.76. The average Bonchev–Trinajstić information content (AvgIpc) is 2.03. The molecule has 2 rings (SSSR count). The summed E-state index contributed by atoms with van der Waals surface area (Å²) < 4.78 is 5.06. The minimum Gasteiger partial charge on any atom is -0.480 e. The standard InChI is InChI=1S/C7H5ClN2O2/c8-5-2-1-4-7(9-5)10-6(11)3-12-4/h1-2H,3H2,(H,9,10,11). The van der Waals surface area contributed by atoms with Crippen LogP contribution in [-0.2, 0) is 4.79 Å². The van der Waals surface area contributed by atoms with Crippen LogP contribution >= 0.6 is 11.6 Å². The summed E-state index contributed by atoms with van der Waals surface area (Å²) >= 11 is 5.61. The predicted octanol–water partition coefficient (Wildman–Crippen LogP) is 1.07. The predicted molar refractivity (Wildman–Crippen MR) is 43.4 cm³/mol. The minimum atomic E-state index is -0.211. The van der Waals surface area contributed by atoms with Crippen LogP contribution in [0, 0.1) is 0 Å². The van der Waals surface area contributed by atoms with Gasteiger partial charge in [0.05, 0.1) is 0 Å². The number of fused-ring (bicyclic) bond motifs is 1. The van der Waals surface area contributed by atoms with Gasteiger partial charge in [0.25, 0.3) is 5.91 Å². The summed E-state index contributed by atoms with van der Waals surface area (Å²) in [5.41, 5.74) is 0. The molecule has 0 spiro atoms. The molecule has 62 valence electrons. The summed E-state index contributed by atoms with van der Waals surface area (Å²) in [5.74, 6) is 0.731. The van der Waals surface area contributed by atoms with Crippen molar-refractivity contribution < 1.29 is 9.53 Å². The first-order valence-electron chi connectivity index (χ1n) is 3.35. The lowest BCUT2D eigenvalue weighted by molar-refractivity contribution is -0.118. The van der Waals surface area contributed by atoms with E-state index in [-0.39, 0.29) is 12.5 Å². The molecule has 1 aromatic heterocycles. The van der Waals surface area contributed by atoms with E-state index in [1.54, 1.807) is 12.1 Å². The van der Waals surface area contributed by atoms with E-state index in [0.29, 0.717) is 16.7 Å². The second kappa shape index (κ2) is 2.64. The third-order valence-corrected chi connectivity index (χ3v) is 1.65. The van der Waals surface area contributed by atoms with Gasteiger partial charge in [0.2, 0.25) is 0 Å². The lowest BCUT2D eigenvalue weighted by Gasteiger charge is -2.16. The second-order valence-corrected chi connectivity index (χ2v) is 2.70. The molecular weight excluding hydrogens is 180 g/mol. The van der Waals surface area contributed by atoms with Gasteiger partial charge >= 0.3 is 0 Å². The Balaban J connectivity index is 2.44. The summed E-state index contributed by atoms with van der Waals surface area (Å²) in [4.78, 5) is 14.7. The number of nitrogens with zero attached hydrogens (tertiary/aromatic N) is 1. The Morgan fingerprint density at radius 1 is 1.58 bits per heavy atom. The molecule has 0 fully saturated rings. The van der Waals surface area contributed by atoms with E-state index in [1.165, 1.54) is 0 Å². The van der Waals surface area contributed by atoms with Crippen LogP contribution in [0.4, 0.5) is 5.82 Å². The van der Waals surface area contributed by atoms with Crippen LogP contribution in [0.1, 0.15) is 0 Å². The van der Waals surface area contributed by atoms with Gasteiger partial charge in [0, 0.05) is 0 Å². The van der Waals surface area contributed by atoms with E-state index in [4.69, 9.17) is 16.3 Å². The highest BCUT2D eigenvalue weighted by Gasteiger charge is 2.16. The van der Waals surface area contributed by atoms with E-state index in [2.05, 4.69) is 10.3 Å². The number of hydrogen-bond donors (Lipinski definition) is 1. The molecule has 0 saturated carbocycles. The van der Waals surface area contributed by atoms with Crippen molar-refractivity contribution in [2.75, 3.05) is 11.9 Å². The van der Waals surface area contributed by atoms with Gasteiger partial charge in [-0.2, -0.15) is 0 Å². The maximum atomic E-state index is 10.8. The fourth-order valence-corrected chi connectivity index (χ4v) is 1.09. The Kier molecular flexibility index (Phi) is 1.62. The van der Waals surface area contributed by atoms with Gasteiger partial charge in [-0.1, -0.05) is 11.6 Å². The molecule has 0 aliphatic carbocycles. The number of ether oxygens (including phenoxy) is 1. The molecule has 2 heterocycles.